The topological polar surface area (TPSA) is 77.8 Å². The predicted molar refractivity (Wildman–Crippen MR) is 39.5 cm³/mol. The number of hydrogen-bond acceptors (Lipinski definition) is 1. The van der Waals surface area contributed by atoms with E-state index in [1.54, 1.807) is 0 Å². The Morgan fingerprint density at radius 3 is 1.42 bits per heavy atom. The Labute approximate surface area is 92.8 Å². The first kappa shape index (κ1) is 14.8. The fraction of sp³-hybridized carbons (Fsp3) is 0. The number of benzene rings is 1. The first-order chi connectivity index (χ1) is 5.00. The van der Waals surface area contributed by atoms with Gasteiger partial charge in [-0.05, 0) is 0 Å². The van der Waals surface area contributed by atoms with Crippen LogP contribution in [0.25, 0.3) is 0 Å². The summed E-state index contributed by atoms with van der Waals surface area (Å²) in [4.78, 5) is 21.6. The molecule has 0 aliphatic heterocycles. The van der Waals surface area contributed by atoms with Crippen molar-refractivity contribution in [1.82, 2.24) is 0 Å². The summed E-state index contributed by atoms with van der Waals surface area (Å²) in [6.45, 7) is 0. The fourth-order valence-corrected chi connectivity index (χ4v) is 0.342. The molecule has 0 amide bonds. The van der Waals surface area contributed by atoms with Crippen LogP contribution in [0.5, 0.6) is 0 Å². The largest absolute Gasteiger partial charge is 1.00 e. The molecule has 62 valence electrons. The first-order valence-electron chi connectivity index (χ1n) is 2.69. The Balaban J connectivity index is 0. The van der Waals surface area contributed by atoms with Gasteiger partial charge >= 0.3 is 37.4 Å². The molecule has 1 aromatic carbocycles. The maximum atomic E-state index is 8.88. The van der Waals surface area contributed by atoms with E-state index in [0.29, 0.717) is 0 Å². The summed E-state index contributed by atoms with van der Waals surface area (Å²) in [5.41, 5.74) is 0. The van der Waals surface area contributed by atoms with Crippen LogP contribution in [0, 0.1) is 6.07 Å². The zero-order chi connectivity index (χ0) is 8.74. The van der Waals surface area contributed by atoms with E-state index in [1.807, 2.05) is 30.3 Å². The zero-order valence-corrected chi connectivity index (χ0v) is 9.48. The Bertz CT molecular complexity index is 187. The Hall–Kier alpha value is 0.330. The second-order valence-corrected chi connectivity index (χ2v) is 2.62. The molecule has 0 aromatic heterocycles. The molecular weight excluding hydrogens is 190 g/mol. The van der Waals surface area contributed by atoms with Crippen molar-refractivity contribution < 1.29 is 48.8 Å². The third kappa shape index (κ3) is 22.4. The van der Waals surface area contributed by atoms with Crippen molar-refractivity contribution in [3.8, 4) is 0 Å². The van der Waals surface area contributed by atoms with Gasteiger partial charge in [0.05, 0.1) is 0 Å². The van der Waals surface area contributed by atoms with Crippen molar-refractivity contribution in [1.29, 1.82) is 0 Å². The summed E-state index contributed by atoms with van der Waals surface area (Å²) in [6, 6.07) is 12.5. The van der Waals surface area contributed by atoms with Crippen molar-refractivity contribution in [2.75, 3.05) is 0 Å². The minimum atomic E-state index is -4.64. The maximum Gasteiger partial charge on any atom is 1.00 e. The molecule has 0 bridgehead atoms. The monoisotopic (exact) mass is 198 g/mol. The van der Waals surface area contributed by atoms with Crippen LogP contribution in [0.3, 0.4) is 0 Å². The van der Waals surface area contributed by atoms with Gasteiger partial charge in [0.1, 0.15) is 0 Å². The molecule has 0 aliphatic rings. The summed E-state index contributed by atoms with van der Waals surface area (Å²) in [5, 5.41) is 0. The molecule has 0 aliphatic carbocycles. The molecule has 1 aromatic rings. The van der Waals surface area contributed by atoms with Gasteiger partial charge in [-0.2, -0.15) is 36.4 Å². The van der Waals surface area contributed by atoms with Crippen LogP contribution in [-0.2, 0) is 4.57 Å². The average Bonchev–Trinajstić information content (AvgIpc) is 1.88. The first-order valence-corrected chi connectivity index (χ1v) is 4.26. The zero-order valence-electron chi connectivity index (χ0n) is 6.58. The third-order valence-electron chi connectivity index (χ3n) is 0.607. The number of hydrogen-bond donors (Lipinski definition) is 3. The van der Waals surface area contributed by atoms with E-state index in [1.165, 1.54) is 0 Å². The Morgan fingerprint density at radius 2 is 1.33 bits per heavy atom. The van der Waals surface area contributed by atoms with Crippen LogP contribution in [0.4, 0.5) is 0 Å². The molecule has 0 unspecified atom stereocenters. The Morgan fingerprint density at radius 1 is 1.00 bits per heavy atom. The minimum absolute atomic E-state index is 0. The van der Waals surface area contributed by atoms with Gasteiger partial charge in [0, 0.05) is 0 Å². The van der Waals surface area contributed by atoms with Crippen LogP contribution in [0.2, 0.25) is 0 Å². The second kappa shape index (κ2) is 7.95. The van der Waals surface area contributed by atoms with Crippen molar-refractivity contribution in [3.63, 3.8) is 0 Å². The molecule has 0 radical (unpaired) electrons. The van der Waals surface area contributed by atoms with Crippen molar-refractivity contribution in [2.24, 2.45) is 0 Å². The second-order valence-electron chi connectivity index (χ2n) is 1.59. The molecule has 0 fully saturated rings. The summed E-state index contributed by atoms with van der Waals surface area (Å²) in [5.74, 6) is 0. The van der Waals surface area contributed by atoms with E-state index >= 15 is 0 Å². The van der Waals surface area contributed by atoms with Crippen molar-refractivity contribution >= 4 is 7.82 Å². The Kier molecular flexibility index (Phi) is 9.83. The van der Waals surface area contributed by atoms with Gasteiger partial charge in [-0.15, -0.1) is 0 Å². The summed E-state index contributed by atoms with van der Waals surface area (Å²) in [7, 11) is -4.64. The van der Waals surface area contributed by atoms with Gasteiger partial charge in [-0.1, -0.05) is 0 Å². The van der Waals surface area contributed by atoms with Crippen molar-refractivity contribution in [3.05, 3.63) is 36.4 Å². The van der Waals surface area contributed by atoms with Gasteiger partial charge in [0.2, 0.25) is 0 Å². The molecule has 0 atom stereocenters. The standard InChI is InChI=1S/C6H5.Na.H3O4P/c1-2-4-6-5-3-1;;1-5(2,3)4/h1-5H;;(H3,1,2,3,4)/q-1;+1;. The molecule has 0 saturated carbocycles. The van der Waals surface area contributed by atoms with Gasteiger partial charge < -0.3 is 14.7 Å². The molecular formula is C6H8NaO4P. The fourth-order valence-electron chi connectivity index (χ4n) is 0.342. The average molecular weight is 198 g/mol. The third-order valence-corrected chi connectivity index (χ3v) is 0.607. The van der Waals surface area contributed by atoms with Gasteiger partial charge in [0.15, 0.2) is 0 Å². The van der Waals surface area contributed by atoms with Crippen LogP contribution >= 0.6 is 7.82 Å². The summed E-state index contributed by atoms with van der Waals surface area (Å²) in [6.07, 6.45) is 0. The van der Waals surface area contributed by atoms with E-state index in [9.17, 15) is 0 Å². The van der Waals surface area contributed by atoms with E-state index in [4.69, 9.17) is 19.2 Å². The molecule has 6 heteroatoms. The molecule has 12 heavy (non-hydrogen) atoms. The van der Waals surface area contributed by atoms with Gasteiger partial charge in [-0.25, -0.2) is 4.57 Å². The van der Waals surface area contributed by atoms with Crippen LogP contribution < -0.4 is 29.6 Å². The van der Waals surface area contributed by atoms with E-state index < -0.39 is 7.82 Å². The van der Waals surface area contributed by atoms with E-state index in [-0.39, 0.29) is 29.6 Å². The molecule has 1 rings (SSSR count). The van der Waals surface area contributed by atoms with Gasteiger partial charge in [-0.3, -0.25) is 0 Å². The van der Waals surface area contributed by atoms with Crippen molar-refractivity contribution in [2.45, 2.75) is 0 Å². The number of rotatable bonds is 0. The molecule has 4 nitrogen and oxygen atoms in total. The summed E-state index contributed by atoms with van der Waals surface area (Å²) >= 11 is 0. The van der Waals surface area contributed by atoms with Crippen LogP contribution in [-0.4, -0.2) is 14.7 Å². The molecule has 0 heterocycles. The maximum absolute atomic E-state index is 8.88. The van der Waals surface area contributed by atoms with E-state index in [0.717, 1.165) is 0 Å². The molecule has 0 saturated heterocycles. The van der Waals surface area contributed by atoms with Crippen LogP contribution in [0.15, 0.2) is 30.3 Å². The van der Waals surface area contributed by atoms with Gasteiger partial charge in [0.25, 0.3) is 0 Å². The minimum Gasteiger partial charge on any atom is -0.303 e. The summed E-state index contributed by atoms with van der Waals surface area (Å²) < 4.78 is 8.88. The molecule has 0 spiro atoms. The normalized spacial score (nSPS) is 8.92. The SMILES string of the molecule is O=P(O)(O)O.[Na+].[c-]1ccccc1. The number of phosphoric acid groups is 1. The quantitative estimate of drug-likeness (QED) is 0.246. The van der Waals surface area contributed by atoms with Crippen LogP contribution in [0.1, 0.15) is 0 Å². The molecule has 3 N–H and O–H groups in total. The smallest absolute Gasteiger partial charge is 0.303 e. The van der Waals surface area contributed by atoms with E-state index in [2.05, 4.69) is 6.07 Å². The predicted octanol–water partition coefficient (Wildman–Crippen LogP) is -2.44.